The summed E-state index contributed by atoms with van der Waals surface area (Å²) in [5.41, 5.74) is 1.55. The van der Waals surface area contributed by atoms with Crippen molar-refractivity contribution < 1.29 is 9.52 Å². The number of aryl methyl sites for hydroxylation is 2. The molecule has 4 nitrogen and oxygen atoms in total. The highest BCUT2D eigenvalue weighted by molar-refractivity contribution is 5.51. The third-order valence-corrected chi connectivity index (χ3v) is 3.70. The highest BCUT2D eigenvalue weighted by Crippen LogP contribution is 2.26. The maximum atomic E-state index is 10.6. The number of nitrogens with zero attached hydrogens (tertiary/aromatic N) is 1. The summed E-state index contributed by atoms with van der Waals surface area (Å²) in [5.74, 6) is 1.56. The van der Waals surface area contributed by atoms with Crippen LogP contribution < -0.4 is 5.32 Å². The van der Waals surface area contributed by atoms with Crippen LogP contribution in [-0.4, -0.2) is 18.2 Å². The van der Waals surface area contributed by atoms with Crippen LogP contribution in [0.1, 0.15) is 35.1 Å². The summed E-state index contributed by atoms with van der Waals surface area (Å²) in [7, 11) is 0. The SMILES string of the molecule is Cc1cc(C(C)(O)CNC/C=C/c2ccc(C#N)cc2)c(C)o1. The van der Waals surface area contributed by atoms with Crippen molar-refractivity contribution in [3.8, 4) is 6.07 Å². The van der Waals surface area contributed by atoms with Gasteiger partial charge in [-0.05, 0) is 44.5 Å². The summed E-state index contributed by atoms with van der Waals surface area (Å²) in [4.78, 5) is 0. The van der Waals surface area contributed by atoms with Crippen LogP contribution >= 0.6 is 0 Å². The smallest absolute Gasteiger partial charge is 0.107 e. The Kier molecular flexibility index (Phi) is 5.38. The average molecular weight is 310 g/mol. The van der Waals surface area contributed by atoms with Gasteiger partial charge in [-0.25, -0.2) is 0 Å². The van der Waals surface area contributed by atoms with E-state index < -0.39 is 5.60 Å². The van der Waals surface area contributed by atoms with Crippen LogP contribution in [0.25, 0.3) is 6.08 Å². The van der Waals surface area contributed by atoms with Crippen molar-refractivity contribution in [2.45, 2.75) is 26.4 Å². The Morgan fingerprint density at radius 1 is 1.30 bits per heavy atom. The second-order valence-electron chi connectivity index (χ2n) is 5.87. The Balaban J connectivity index is 1.85. The van der Waals surface area contributed by atoms with E-state index in [-0.39, 0.29) is 0 Å². The van der Waals surface area contributed by atoms with Crippen LogP contribution in [0.2, 0.25) is 0 Å². The Bertz CT molecular complexity index is 719. The van der Waals surface area contributed by atoms with Gasteiger partial charge in [-0.2, -0.15) is 5.26 Å². The number of benzene rings is 1. The number of hydrogen-bond donors (Lipinski definition) is 2. The molecular weight excluding hydrogens is 288 g/mol. The van der Waals surface area contributed by atoms with Gasteiger partial charge in [0.1, 0.15) is 17.1 Å². The molecule has 0 aliphatic heterocycles. The monoisotopic (exact) mass is 310 g/mol. The molecule has 0 aliphatic rings. The van der Waals surface area contributed by atoms with E-state index in [0.717, 1.165) is 22.6 Å². The fourth-order valence-electron chi connectivity index (χ4n) is 2.52. The van der Waals surface area contributed by atoms with Gasteiger partial charge in [-0.15, -0.1) is 0 Å². The van der Waals surface area contributed by atoms with Crippen LogP contribution in [0, 0.1) is 25.2 Å². The minimum absolute atomic E-state index is 0.435. The van der Waals surface area contributed by atoms with Gasteiger partial charge in [0, 0.05) is 18.7 Å². The van der Waals surface area contributed by atoms with E-state index in [1.165, 1.54) is 0 Å². The molecule has 1 heterocycles. The van der Waals surface area contributed by atoms with Crippen LogP contribution in [-0.2, 0) is 5.60 Å². The van der Waals surface area contributed by atoms with Gasteiger partial charge in [-0.3, -0.25) is 0 Å². The van der Waals surface area contributed by atoms with Crippen LogP contribution in [0.4, 0.5) is 0 Å². The predicted molar refractivity (Wildman–Crippen MR) is 90.8 cm³/mol. The van der Waals surface area contributed by atoms with Crippen molar-refractivity contribution in [3.05, 3.63) is 64.6 Å². The molecule has 23 heavy (non-hydrogen) atoms. The minimum atomic E-state index is -0.968. The molecule has 1 atom stereocenters. The normalized spacial score (nSPS) is 13.9. The maximum Gasteiger partial charge on any atom is 0.107 e. The van der Waals surface area contributed by atoms with Gasteiger partial charge in [0.15, 0.2) is 0 Å². The fraction of sp³-hybridized carbons (Fsp3) is 0.316. The molecule has 2 N–H and O–H groups in total. The molecule has 0 aliphatic carbocycles. The molecule has 4 heteroatoms. The Morgan fingerprint density at radius 3 is 2.57 bits per heavy atom. The lowest BCUT2D eigenvalue weighted by atomic mass is 9.96. The quantitative estimate of drug-likeness (QED) is 0.803. The first-order valence-corrected chi connectivity index (χ1v) is 7.60. The Morgan fingerprint density at radius 2 is 2.00 bits per heavy atom. The van der Waals surface area contributed by atoms with Crippen LogP contribution in [0.3, 0.4) is 0 Å². The lowest BCUT2D eigenvalue weighted by Crippen LogP contribution is -2.35. The van der Waals surface area contributed by atoms with Gasteiger partial charge in [-0.1, -0.05) is 24.3 Å². The number of furan rings is 1. The first-order chi connectivity index (χ1) is 10.9. The minimum Gasteiger partial charge on any atom is -0.466 e. The Labute approximate surface area is 137 Å². The van der Waals surface area contributed by atoms with Gasteiger partial charge in [0.25, 0.3) is 0 Å². The topological polar surface area (TPSA) is 69.2 Å². The van der Waals surface area contributed by atoms with Crippen molar-refractivity contribution in [1.29, 1.82) is 5.26 Å². The van der Waals surface area contributed by atoms with Crippen molar-refractivity contribution in [3.63, 3.8) is 0 Å². The number of rotatable bonds is 6. The van der Waals surface area contributed by atoms with Gasteiger partial charge in [0.05, 0.1) is 11.6 Å². The van der Waals surface area contributed by atoms with Crippen molar-refractivity contribution >= 4 is 6.08 Å². The summed E-state index contributed by atoms with van der Waals surface area (Å²) in [6.07, 6.45) is 3.97. The number of nitrogens with one attached hydrogen (secondary N) is 1. The van der Waals surface area contributed by atoms with E-state index in [1.54, 1.807) is 19.1 Å². The summed E-state index contributed by atoms with van der Waals surface area (Å²) < 4.78 is 5.48. The van der Waals surface area contributed by atoms with E-state index in [2.05, 4.69) is 11.4 Å². The molecule has 0 spiro atoms. The average Bonchev–Trinajstić information content (AvgIpc) is 2.87. The zero-order valence-corrected chi connectivity index (χ0v) is 13.8. The fourth-order valence-corrected chi connectivity index (χ4v) is 2.52. The zero-order valence-electron chi connectivity index (χ0n) is 13.8. The number of aliphatic hydroxyl groups is 1. The molecular formula is C19H22N2O2. The molecule has 0 amide bonds. The molecule has 0 bridgehead atoms. The molecule has 0 radical (unpaired) electrons. The Hall–Kier alpha value is -2.35. The van der Waals surface area contributed by atoms with E-state index >= 15 is 0 Å². The molecule has 0 saturated heterocycles. The molecule has 2 rings (SSSR count). The van der Waals surface area contributed by atoms with Crippen molar-refractivity contribution in [2.75, 3.05) is 13.1 Å². The third-order valence-electron chi connectivity index (χ3n) is 3.70. The largest absolute Gasteiger partial charge is 0.466 e. The molecule has 1 unspecified atom stereocenters. The summed E-state index contributed by atoms with van der Waals surface area (Å²) in [5, 5.41) is 22.6. The first kappa shape index (κ1) is 17.0. The lowest BCUT2D eigenvalue weighted by Gasteiger charge is -2.23. The van der Waals surface area contributed by atoms with Crippen LogP contribution in [0.5, 0.6) is 0 Å². The van der Waals surface area contributed by atoms with Gasteiger partial charge in [0.2, 0.25) is 0 Å². The lowest BCUT2D eigenvalue weighted by molar-refractivity contribution is 0.0566. The van der Waals surface area contributed by atoms with Crippen LogP contribution in [0.15, 0.2) is 40.8 Å². The third kappa shape index (κ3) is 4.56. The number of nitriles is 1. The summed E-state index contributed by atoms with van der Waals surface area (Å²) in [6.45, 7) is 6.60. The second kappa shape index (κ2) is 7.28. The van der Waals surface area contributed by atoms with Crippen molar-refractivity contribution in [2.24, 2.45) is 0 Å². The molecule has 120 valence electrons. The van der Waals surface area contributed by atoms with E-state index in [0.29, 0.717) is 18.7 Å². The molecule has 0 saturated carbocycles. The van der Waals surface area contributed by atoms with E-state index in [1.807, 2.05) is 44.2 Å². The molecule has 1 aromatic carbocycles. The number of hydrogen-bond acceptors (Lipinski definition) is 4. The second-order valence-corrected chi connectivity index (χ2v) is 5.87. The molecule has 0 fully saturated rings. The highest BCUT2D eigenvalue weighted by atomic mass is 16.3. The van der Waals surface area contributed by atoms with Gasteiger partial charge >= 0.3 is 0 Å². The standard InChI is InChI=1S/C19H22N2O2/c1-14-11-18(15(2)23-14)19(3,22)13-21-10-4-5-16-6-8-17(12-20)9-7-16/h4-9,11,21-22H,10,13H2,1-3H3/b5-4+. The van der Waals surface area contributed by atoms with E-state index in [9.17, 15) is 5.11 Å². The van der Waals surface area contributed by atoms with Crippen molar-refractivity contribution in [1.82, 2.24) is 5.32 Å². The van der Waals surface area contributed by atoms with Gasteiger partial charge < -0.3 is 14.8 Å². The first-order valence-electron chi connectivity index (χ1n) is 7.60. The maximum absolute atomic E-state index is 10.6. The molecule has 2 aromatic rings. The predicted octanol–water partition coefficient (Wildman–Crippen LogP) is 3.28. The molecule has 1 aromatic heterocycles. The van der Waals surface area contributed by atoms with E-state index in [4.69, 9.17) is 9.68 Å². The summed E-state index contributed by atoms with van der Waals surface area (Å²) in [6, 6.07) is 11.4. The zero-order chi connectivity index (χ0) is 16.9. The summed E-state index contributed by atoms with van der Waals surface area (Å²) >= 11 is 0. The highest BCUT2D eigenvalue weighted by Gasteiger charge is 2.26.